The topological polar surface area (TPSA) is 66.3 Å². The van der Waals surface area contributed by atoms with E-state index in [1.54, 1.807) is 0 Å². The molecule has 0 aliphatic carbocycles. The van der Waals surface area contributed by atoms with Crippen molar-refractivity contribution in [2.24, 2.45) is 0 Å². The maximum atomic E-state index is 12.8. The van der Waals surface area contributed by atoms with E-state index in [1.807, 2.05) is 46.8 Å². The number of pyridine rings is 1. The van der Waals surface area contributed by atoms with Crippen LogP contribution in [0.3, 0.4) is 0 Å². The van der Waals surface area contributed by atoms with E-state index < -0.39 is 0 Å². The zero-order valence-corrected chi connectivity index (χ0v) is 14.0. The van der Waals surface area contributed by atoms with Gasteiger partial charge in [-0.1, -0.05) is 6.07 Å². The maximum Gasteiger partial charge on any atom is 0.228 e. The average molecular weight is 323 g/mol. The highest BCUT2D eigenvalue weighted by molar-refractivity contribution is 5.79. The molecule has 0 aromatic carbocycles. The van der Waals surface area contributed by atoms with Gasteiger partial charge in [0.15, 0.2) is 0 Å². The van der Waals surface area contributed by atoms with Gasteiger partial charge in [0.25, 0.3) is 0 Å². The van der Waals surface area contributed by atoms with Gasteiger partial charge < -0.3 is 9.30 Å². The van der Waals surface area contributed by atoms with Gasteiger partial charge in [0, 0.05) is 30.9 Å². The van der Waals surface area contributed by atoms with Gasteiger partial charge in [0.2, 0.25) is 5.91 Å². The molecule has 1 saturated heterocycles. The molecule has 3 aromatic rings. The predicted molar refractivity (Wildman–Crippen MR) is 90.9 cm³/mol. The summed E-state index contributed by atoms with van der Waals surface area (Å²) in [6, 6.07) is 5.90. The Labute approximate surface area is 140 Å². The number of nitrogens with zero attached hydrogens (tertiary/aromatic N) is 4. The lowest BCUT2D eigenvalue weighted by Crippen LogP contribution is -2.30. The summed E-state index contributed by atoms with van der Waals surface area (Å²) in [5.74, 6) is 0.531. The number of nitrogens with one attached hydrogen (secondary N) is 1. The van der Waals surface area contributed by atoms with Crippen molar-refractivity contribution in [3.63, 3.8) is 0 Å². The van der Waals surface area contributed by atoms with E-state index in [0.29, 0.717) is 12.3 Å². The Morgan fingerprint density at radius 2 is 2.25 bits per heavy atom. The van der Waals surface area contributed by atoms with Crippen molar-refractivity contribution in [1.29, 1.82) is 0 Å². The van der Waals surface area contributed by atoms with Crippen LogP contribution in [0.15, 0.2) is 30.6 Å². The molecule has 24 heavy (non-hydrogen) atoms. The second-order valence-electron chi connectivity index (χ2n) is 6.54. The Morgan fingerprint density at radius 3 is 3.04 bits per heavy atom. The van der Waals surface area contributed by atoms with E-state index >= 15 is 0 Å². The highest BCUT2D eigenvalue weighted by Gasteiger charge is 2.29. The first-order valence-corrected chi connectivity index (χ1v) is 8.33. The second kappa shape index (κ2) is 5.78. The molecule has 1 unspecified atom stereocenters. The molecule has 1 atom stereocenters. The molecule has 124 valence electrons. The predicted octanol–water partition coefficient (Wildman–Crippen LogP) is 2.23. The Morgan fingerprint density at radius 1 is 1.38 bits per heavy atom. The number of rotatable bonds is 3. The fraction of sp³-hybridized carbons (Fsp3) is 0.389. The molecule has 1 aliphatic heterocycles. The second-order valence-corrected chi connectivity index (χ2v) is 6.54. The molecule has 0 saturated carbocycles. The molecule has 1 amide bonds. The first kappa shape index (κ1) is 14.9. The molecular formula is C18H21N5O. The van der Waals surface area contributed by atoms with Crippen LogP contribution in [0.25, 0.3) is 5.65 Å². The number of amides is 1. The van der Waals surface area contributed by atoms with E-state index in [2.05, 4.69) is 22.1 Å². The summed E-state index contributed by atoms with van der Waals surface area (Å²) in [5.41, 5.74) is 5.14. The van der Waals surface area contributed by atoms with Gasteiger partial charge >= 0.3 is 0 Å². The summed E-state index contributed by atoms with van der Waals surface area (Å²) in [4.78, 5) is 19.3. The number of aromatic amines is 1. The Kier molecular flexibility index (Phi) is 3.59. The lowest BCUT2D eigenvalue weighted by atomic mass is 10.0. The number of imidazole rings is 1. The molecular weight excluding hydrogens is 302 g/mol. The number of carbonyl (C=O) groups is 1. The van der Waals surface area contributed by atoms with Crippen LogP contribution in [0.4, 0.5) is 0 Å². The number of aryl methyl sites for hydroxylation is 2. The SMILES string of the molecule is Cc1cn[nH]c1C1CCN(C(=O)Cc2c(C)nc3ccccn23)C1. The van der Waals surface area contributed by atoms with Crippen LogP contribution in [-0.2, 0) is 11.2 Å². The van der Waals surface area contributed by atoms with Crippen molar-refractivity contribution in [2.45, 2.75) is 32.6 Å². The van der Waals surface area contributed by atoms with Crippen molar-refractivity contribution in [3.05, 3.63) is 53.2 Å². The van der Waals surface area contributed by atoms with Crippen LogP contribution in [0.1, 0.15) is 35.0 Å². The van der Waals surface area contributed by atoms with Crippen LogP contribution in [0.2, 0.25) is 0 Å². The van der Waals surface area contributed by atoms with Gasteiger partial charge in [0.05, 0.1) is 24.0 Å². The number of likely N-dealkylation sites (tertiary alicyclic amines) is 1. The third kappa shape index (κ3) is 2.48. The molecule has 1 fully saturated rings. The Balaban J connectivity index is 1.51. The van der Waals surface area contributed by atoms with Gasteiger partial charge in [0.1, 0.15) is 5.65 Å². The van der Waals surface area contributed by atoms with Gasteiger partial charge in [-0.25, -0.2) is 4.98 Å². The zero-order chi connectivity index (χ0) is 16.7. The largest absolute Gasteiger partial charge is 0.342 e. The fourth-order valence-corrected chi connectivity index (χ4v) is 3.62. The molecule has 0 radical (unpaired) electrons. The third-order valence-corrected chi connectivity index (χ3v) is 4.96. The molecule has 4 rings (SSSR count). The van der Waals surface area contributed by atoms with Crippen LogP contribution in [0, 0.1) is 13.8 Å². The molecule has 3 aromatic heterocycles. The molecule has 6 nitrogen and oxygen atoms in total. The summed E-state index contributed by atoms with van der Waals surface area (Å²) in [6.07, 6.45) is 5.20. The number of aromatic nitrogens is 4. The van der Waals surface area contributed by atoms with E-state index in [9.17, 15) is 4.79 Å². The standard InChI is InChI=1S/C18H21N5O/c1-12-10-19-21-18(12)14-6-8-22(11-14)17(24)9-15-13(2)20-16-5-3-4-7-23(15)16/h3-5,7,10,14H,6,8-9,11H2,1-2H3,(H,19,21). The first-order valence-electron chi connectivity index (χ1n) is 8.33. The normalized spacial score (nSPS) is 17.8. The Bertz CT molecular complexity index is 894. The van der Waals surface area contributed by atoms with Crippen LogP contribution in [0.5, 0.6) is 0 Å². The minimum absolute atomic E-state index is 0.170. The highest BCUT2D eigenvalue weighted by Crippen LogP contribution is 2.28. The van der Waals surface area contributed by atoms with E-state index in [-0.39, 0.29) is 5.91 Å². The number of H-pyrrole nitrogens is 1. The van der Waals surface area contributed by atoms with Crippen molar-refractivity contribution >= 4 is 11.6 Å². The summed E-state index contributed by atoms with van der Waals surface area (Å²) in [7, 11) is 0. The summed E-state index contributed by atoms with van der Waals surface area (Å²) >= 11 is 0. The molecule has 1 aliphatic rings. The van der Waals surface area contributed by atoms with Crippen LogP contribution in [-0.4, -0.2) is 43.5 Å². The van der Waals surface area contributed by atoms with Crippen LogP contribution < -0.4 is 0 Å². The number of hydrogen-bond donors (Lipinski definition) is 1. The smallest absolute Gasteiger partial charge is 0.228 e. The molecule has 0 bridgehead atoms. The van der Waals surface area contributed by atoms with Gasteiger partial charge in [-0.05, 0) is 38.0 Å². The van der Waals surface area contributed by atoms with E-state index in [4.69, 9.17) is 0 Å². The van der Waals surface area contributed by atoms with Gasteiger partial charge in [-0.2, -0.15) is 5.10 Å². The van der Waals surface area contributed by atoms with E-state index in [0.717, 1.165) is 42.2 Å². The molecule has 1 N–H and O–H groups in total. The number of hydrogen-bond acceptors (Lipinski definition) is 3. The molecule has 6 heteroatoms. The molecule has 0 spiro atoms. The molecule has 4 heterocycles. The fourth-order valence-electron chi connectivity index (χ4n) is 3.62. The summed E-state index contributed by atoms with van der Waals surface area (Å²) in [6.45, 7) is 5.59. The summed E-state index contributed by atoms with van der Waals surface area (Å²) in [5, 5.41) is 7.19. The van der Waals surface area contributed by atoms with Crippen molar-refractivity contribution in [3.8, 4) is 0 Å². The average Bonchev–Trinajstić information content (AvgIpc) is 3.27. The van der Waals surface area contributed by atoms with Gasteiger partial charge in [-0.3, -0.25) is 9.89 Å². The van der Waals surface area contributed by atoms with Crippen LogP contribution >= 0.6 is 0 Å². The van der Waals surface area contributed by atoms with Crippen molar-refractivity contribution in [1.82, 2.24) is 24.5 Å². The third-order valence-electron chi connectivity index (χ3n) is 4.96. The van der Waals surface area contributed by atoms with Gasteiger partial charge in [-0.15, -0.1) is 0 Å². The lowest BCUT2D eigenvalue weighted by Gasteiger charge is -2.16. The Hall–Kier alpha value is -2.63. The minimum atomic E-state index is 0.170. The summed E-state index contributed by atoms with van der Waals surface area (Å²) < 4.78 is 2.01. The quantitative estimate of drug-likeness (QED) is 0.804. The van der Waals surface area contributed by atoms with E-state index in [1.165, 1.54) is 5.56 Å². The zero-order valence-electron chi connectivity index (χ0n) is 14.0. The maximum absolute atomic E-state index is 12.8. The van der Waals surface area contributed by atoms with Crippen molar-refractivity contribution in [2.75, 3.05) is 13.1 Å². The highest BCUT2D eigenvalue weighted by atomic mass is 16.2. The number of fused-ring (bicyclic) bond motifs is 1. The number of carbonyl (C=O) groups excluding carboxylic acids is 1. The van der Waals surface area contributed by atoms with Crippen molar-refractivity contribution < 1.29 is 4.79 Å². The minimum Gasteiger partial charge on any atom is -0.342 e. The first-order chi connectivity index (χ1) is 11.6. The lowest BCUT2D eigenvalue weighted by molar-refractivity contribution is -0.129. The monoisotopic (exact) mass is 323 g/mol.